The van der Waals surface area contributed by atoms with Crippen LogP contribution in [-0.2, 0) is 24.2 Å². The summed E-state index contributed by atoms with van der Waals surface area (Å²) in [5.74, 6) is -0.543. The fourth-order valence-corrected chi connectivity index (χ4v) is 3.81. The van der Waals surface area contributed by atoms with Crippen LogP contribution in [0.5, 0.6) is 5.75 Å². The van der Waals surface area contributed by atoms with Crippen LogP contribution in [0.15, 0.2) is 78.9 Å². The van der Waals surface area contributed by atoms with Gasteiger partial charge in [-0.2, -0.15) is 0 Å². The molecule has 0 N–H and O–H groups in total. The van der Waals surface area contributed by atoms with Crippen LogP contribution in [0.1, 0.15) is 16.7 Å². The lowest BCUT2D eigenvalue weighted by Gasteiger charge is -2.11. The van der Waals surface area contributed by atoms with Crippen molar-refractivity contribution in [2.75, 3.05) is 7.11 Å². The Kier molecular flexibility index (Phi) is 6.65. The molecule has 4 aromatic rings. The third-order valence-electron chi connectivity index (χ3n) is 5.47. The Hall–Kier alpha value is -3.38. The minimum absolute atomic E-state index is 0.271. The lowest BCUT2D eigenvalue weighted by molar-refractivity contribution is -0.274. The van der Waals surface area contributed by atoms with Crippen LogP contribution < -0.4 is 4.74 Å². The van der Waals surface area contributed by atoms with Crippen molar-refractivity contribution in [1.82, 2.24) is 0 Å². The summed E-state index contributed by atoms with van der Waals surface area (Å²) < 4.78 is 61.0. The minimum atomic E-state index is -4.72. The lowest BCUT2D eigenvalue weighted by atomic mass is 9.97. The molecule has 0 heterocycles. The quantitative estimate of drug-likeness (QED) is 0.270. The van der Waals surface area contributed by atoms with Crippen molar-refractivity contribution in [2.24, 2.45) is 0 Å². The van der Waals surface area contributed by atoms with Crippen molar-refractivity contribution < 1.29 is 27.0 Å². The minimum Gasteiger partial charge on any atom is -0.406 e. The molecule has 0 unspecified atom stereocenters. The number of fused-ring (bicyclic) bond motifs is 1. The highest BCUT2D eigenvalue weighted by molar-refractivity contribution is 5.88. The van der Waals surface area contributed by atoms with E-state index in [9.17, 15) is 13.2 Å². The van der Waals surface area contributed by atoms with E-state index in [0.29, 0.717) is 30.4 Å². The summed E-state index contributed by atoms with van der Waals surface area (Å²) in [6.45, 7) is 0.553. The molecule has 170 valence electrons. The maximum Gasteiger partial charge on any atom is 0.573 e. The Morgan fingerprint density at radius 2 is 1.39 bits per heavy atom. The zero-order valence-corrected chi connectivity index (χ0v) is 18.0. The Balaban J connectivity index is 1.48. The summed E-state index contributed by atoms with van der Waals surface area (Å²) >= 11 is 0. The molecule has 6 heteroatoms. The van der Waals surface area contributed by atoms with Crippen LogP contribution in [0, 0.1) is 5.82 Å². The van der Waals surface area contributed by atoms with Crippen molar-refractivity contribution >= 4 is 10.8 Å². The van der Waals surface area contributed by atoms with Gasteiger partial charge >= 0.3 is 6.36 Å². The summed E-state index contributed by atoms with van der Waals surface area (Å²) in [4.78, 5) is 0. The Bertz CT molecular complexity index is 1230. The Morgan fingerprint density at radius 3 is 2.06 bits per heavy atom. The van der Waals surface area contributed by atoms with Crippen molar-refractivity contribution in [3.8, 4) is 16.9 Å². The summed E-state index contributed by atoms with van der Waals surface area (Å²) in [6.07, 6.45) is -3.78. The number of hydrogen-bond acceptors (Lipinski definition) is 2. The maximum atomic E-state index is 15.1. The second-order valence-electron chi connectivity index (χ2n) is 7.80. The van der Waals surface area contributed by atoms with Crippen LogP contribution >= 0.6 is 0 Å². The molecule has 0 radical (unpaired) electrons. The highest BCUT2D eigenvalue weighted by atomic mass is 19.4. The molecule has 0 atom stereocenters. The lowest BCUT2D eigenvalue weighted by Crippen LogP contribution is -2.17. The Morgan fingerprint density at radius 1 is 0.727 bits per heavy atom. The number of benzene rings is 4. The molecule has 4 rings (SSSR count). The number of ether oxygens (including phenoxy) is 2. The molecule has 2 nitrogen and oxygen atoms in total. The van der Waals surface area contributed by atoms with E-state index in [1.165, 1.54) is 12.1 Å². The van der Waals surface area contributed by atoms with Crippen LogP contribution in [0.2, 0.25) is 0 Å². The van der Waals surface area contributed by atoms with E-state index in [1.54, 1.807) is 31.4 Å². The third kappa shape index (κ3) is 5.71. The highest BCUT2D eigenvalue weighted by Gasteiger charge is 2.30. The van der Waals surface area contributed by atoms with Crippen molar-refractivity contribution in [3.63, 3.8) is 0 Å². The highest BCUT2D eigenvalue weighted by Crippen LogP contribution is 2.29. The van der Waals surface area contributed by atoms with Gasteiger partial charge in [-0.25, -0.2) is 4.39 Å². The first-order chi connectivity index (χ1) is 15.8. The summed E-state index contributed by atoms with van der Waals surface area (Å²) in [5.41, 5.74) is 4.49. The van der Waals surface area contributed by atoms with E-state index in [4.69, 9.17) is 4.74 Å². The second kappa shape index (κ2) is 9.63. The smallest absolute Gasteiger partial charge is 0.406 e. The molecule has 4 aromatic carbocycles. The van der Waals surface area contributed by atoms with Crippen molar-refractivity contribution in [1.29, 1.82) is 0 Å². The molecule has 0 fully saturated rings. The molecule has 0 saturated carbocycles. The molecule has 0 amide bonds. The monoisotopic (exact) mass is 454 g/mol. The number of methoxy groups -OCH3 is 1. The standard InChI is InChI=1S/C27H22F4O2/c1-32-17-19-3-7-20(8-4-19)22-12-15-25-23(16-22)11-10-21(26(25)28)9-2-18-5-13-24(14-6-18)33-27(29,30)31/h3-8,10-16H,2,9,17H2,1H3. The van der Waals surface area contributed by atoms with Gasteiger partial charge < -0.3 is 9.47 Å². The van der Waals surface area contributed by atoms with Gasteiger partial charge in [0.1, 0.15) is 11.6 Å². The fraction of sp³-hybridized carbons (Fsp3) is 0.185. The van der Waals surface area contributed by atoms with Gasteiger partial charge in [0.2, 0.25) is 0 Å². The van der Waals surface area contributed by atoms with Gasteiger partial charge in [-0.15, -0.1) is 13.2 Å². The molecule has 33 heavy (non-hydrogen) atoms. The molecule has 0 bridgehead atoms. The summed E-state index contributed by atoms with van der Waals surface area (Å²) in [5, 5.41) is 1.35. The first-order valence-electron chi connectivity index (χ1n) is 10.5. The number of aryl methyl sites for hydroxylation is 2. The molecule has 0 spiro atoms. The average molecular weight is 454 g/mol. The van der Waals surface area contributed by atoms with Crippen LogP contribution in [-0.4, -0.2) is 13.5 Å². The number of rotatable bonds is 7. The van der Waals surface area contributed by atoms with Gasteiger partial charge in [0, 0.05) is 12.5 Å². The zero-order valence-electron chi connectivity index (χ0n) is 18.0. The normalized spacial score (nSPS) is 11.7. The SMILES string of the molecule is COCc1ccc(-c2ccc3c(F)c(CCc4ccc(OC(F)(F)F)cc4)ccc3c2)cc1. The molecule has 0 aliphatic heterocycles. The first kappa shape index (κ1) is 22.8. The van der Waals surface area contributed by atoms with Crippen LogP contribution in [0.3, 0.4) is 0 Å². The van der Waals surface area contributed by atoms with E-state index in [2.05, 4.69) is 4.74 Å². The maximum absolute atomic E-state index is 15.1. The van der Waals surface area contributed by atoms with Gasteiger partial charge in [-0.05, 0) is 64.2 Å². The summed E-state index contributed by atoms with van der Waals surface area (Å²) in [6, 6.07) is 23.0. The number of hydrogen-bond donors (Lipinski definition) is 0. The van der Waals surface area contributed by atoms with E-state index in [-0.39, 0.29) is 11.6 Å². The second-order valence-corrected chi connectivity index (χ2v) is 7.80. The average Bonchev–Trinajstić information content (AvgIpc) is 2.79. The number of halogens is 4. The molecule has 0 aromatic heterocycles. The van der Waals surface area contributed by atoms with Crippen LogP contribution in [0.4, 0.5) is 17.6 Å². The van der Waals surface area contributed by atoms with Gasteiger partial charge in [0.05, 0.1) is 6.61 Å². The van der Waals surface area contributed by atoms with E-state index >= 15 is 4.39 Å². The van der Waals surface area contributed by atoms with E-state index in [1.807, 2.05) is 42.5 Å². The van der Waals surface area contributed by atoms with E-state index in [0.717, 1.165) is 27.6 Å². The number of alkyl halides is 3. The van der Waals surface area contributed by atoms with Gasteiger partial charge in [0.15, 0.2) is 0 Å². The Labute approximate surface area is 189 Å². The topological polar surface area (TPSA) is 18.5 Å². The van der Waals surface area contributed by atoms with Gasteiger partial charge in [-0.3, -0.25) is 0 Å². The largest absolute Gasteiger partial charge is 0.573 e. The fourth-order valence-electron chi connectivity index (χ4n) is 3.81. The molecule has 0 saturated heterocycles. The van der Waals surface area contributed by atoms with Gasteiger partial charge in [0.25, 0.3) is 0 Å². The first-order valence-corrected chi connectivity index (χ1v) is 10.5. The van der Waals surface area contributed by atoms with Crippen molar-refractivity contribution in [2.45, 2.75) is 25.8 Å². The summed E-state index contributed by atoms with van der Waals surface area (Å²) in [7, 11) is 1.66. The van der Waals surface area contributed by atoms with E-state index < -0.39 is 6.36 Å². The molecular weight excluding hydrogens is 432 g/mol. The third-order valence-corrected chi connectivity index (χ3v) is 5.47. The van der Waals surface area contributed by atoms with Gasteiger partial charge in [-0.1, -0.05) is 60.7 Å². The predicted octanol–water partition coefficient (Wildman–Crippen LogP) is 7.48. The predicted molar refractivity (Wildman–Crippen MR) is 121 cm³/mol. The molecular formula is C27H22F4O2. The zero-order chi connectivity index (χ0) is 23.4. The van der Waals surface area contributed by atoms with Crippen LogP contribution in [0.25, 0.3) is 21.9 Å². The molecule has 0 aliphatic rings. The van der Waals surface area contributed by atoms with Crippen molar-refractivity contribution in [3.05, 3.63) is 101 Å². The molecule has 0 aliphatic carbocycles.